The van der Waals surface area contributed by atoms with Crippen molar-refractivity contribution in [2.45, 2.75) is 19.5 Å². The monoisotopic (exact) mass is 312 g/mol. The van der Waals surface area contributed by atoms with Crippen LogP contribution in [0.2, 0.25) is 13.1 Å². The molecule has 3 nitrogen and oxygen atoms in total. The van der Waals surface area contributed by atoms with Crippen LogP contribution in [0.15, 0.2) is 16.1 Å². The third-order valence-corrected chi connectivity index (χ3v) is 6.21. The van der Waals surface area contributed by atoms with Crippen molar-refractivity contribution in [1.82, 2.24) is 5.32 Å². The van der Waals surface area contributed by atoms with Crippen LogP contribution in [0.1, 0.15) is 6.42 Å². The predicted octanol–water partition coefficient (Wildman–Crippen LogP) is -5.71. The van der Waals surface area contributed by atoms with Gasteiger partial charge in [-0.15, -0.1) is 12.1 Å². The van der Waals surface area contributed by atoms with Crippen molar-refractivity contribution in [2.24, 2.45) is 0 Å². The van der Waals surface area contributed by atoms with Gasteiger partial charge in [0.15, 0.2) is 0 Å². The molecule has 7 heteroatoms. The van der Waals surface area contributed by atoms with Crippen molar-refractivity contribution in [3.05, 3.63) is 22.2 Å². The zero-order chi connectivity index (χ0) is 9.64. The molecule has 0 saturated carbocycles. The fourth-order valence-corrected chi connectivity index (χ4v) is 5.23. The molecule has 0 unspecified atom stereocenters. The van der Waals surface area contributed by atoms with Crippen LogP contribution in [0, 0.1) is 6.08 Å². The second-order valence-corrected chi connectivity index (χ2v) is 8.27. The molecular weight excluding hydrogens is 301 g/mol. The van der Waals surface area contributed by atoms with Crippen LogP contribution in [-0.2, 0) is 26.5 Å². The van der Waals surface area contributed by atoms with E-state index in [9.17, 15) is 4.79 Å². The molecule has 0 spiro atoms. The number of amides is 1. The molecule has 0 aromatic carbocycles. The Kier molecular flexibility index (Phi) is 7.49. The van der Waals surface area contributed by atoms with E-state index in [4.69, 9.17) is 5.11 Å². The first-order chi connectivity index (χ1) is 6.07. The van der Waals surface area contributed by atoms with Gasteiger partial charge in [0.05, 0.1) is 0 Å². The first kappa shape index (κ1) is 18.8. The van der Waals surface area contributed by atoms with Crippen molar-refractivity contribution in [1.29, 1.82) is 0 Å². The van der Waals surface area contributed by atoms with Gasteiger partial charge in [-0.05, 0) is 0 Å². The van der Waals surface area contributed by atoms with Crippen LogP contribution >= 0.6 is 0 Å². The standard InChI is InChI=1S/C9H12NO2Si.2ClH.Ti/c1-13(2)7-4-3-6(9(7)13)10-8(12)5-11;;;/h11H,4-5H2,1-2H3,(H,10,12);2*1H;/q-1;;;+3/p-2. The number of aliphatic hydroxyl groups is 1. The average molecular weight is 313 g/mol. The molecule has 1 amide bonds. The first-order valence-electron chi connectivity index (χ1n) is 4.33. The number of hydrogen-bond acceptors (Lipinski definition) is 2. The predicted molar refractivity (Wildman–Crippen MR) is 51.1 cm³/mol. The van der Waals surface area contributed by atoms with E-state index in [2.05, 4.69) is 24.5 Å². The maximum atomic E-state index is 10.9. The Morgan fingerprint density at radius 2 is 2.06 bits per heavy atom. The molecule has 87 valence electrons. The van der Waals surface area contributed by atoms with Gasteiger partial charge in [-0.1, -0.05) is 13.1 Å². The molecule has 2 rings (SSSR count). The van der Waals surface area contributed by atoms with Crippen LogP contribution < -0.4 is 30.1 Å². The van der Waals surface area contributed by atoms with Gasteiger partial charge in [-0.25, -0.2) is 6.08 Å². The maximum absolute atomic E-state index is 10.9. The molecule has 0 atom stereocenters. The van der Waals surface area contributed by atoms with E-state index in [-0.39, 0.29) is 52.4 Å². The minimum Gasteiger partial charge on any atom is -1.00 e. The molecule has 0 aromatic rings. The van der Waals surface area contributed by atoms with Gasteiger partial charge in [0.25, 0.3) is 0 Å². The Morgan fingerprint density at radius 1 is 1.50 bits per heavy atom. The maximum Gasteiger partial charge on any atom is 3.00 e. The summed E-state index contributed by atoms with van der Waals surface area (Å²) >= 11 is 0. The Balaban J connectivity index is 0. The van der Waals surface area contributed by atoms with Crippen LogP contribution in [-0.4, -0.2) is 25.7 Å². The van der Waals surface area contributed by atoms with E-state index in [1.807, 2.05) is 0 Å². The molecule has 1 radical (unpaired) electrons. The number of rotatable bonds is 2. The van der Waals surface area contributed by atoms with Gasteiger partial charge < -0.3 is 35.2 Å². The van der Waals surface area contributed by atoms with E-state index in [1.54, 1.807) is 0 Å². The van der Waals surface area contributed by atoms with Crippen molar-refractivity contribution in [3.8, 4) is 0 Å². The van der Waals surface area contributed by atoms with Crippen LogP contribution in [0.4, 0.5) is 0 Å². The molecule has 2 N–H and O–H groups in total. The van der Waals surface area contributed by atoms with Gasteiger partial charge in [-0.3, -0.25) is 4.79 Å². The van der Waals surface area contributed by atoms with E-state index in [1.165, 1.54) is 10.4 Å². The van der Waals surface area contributed by atoms with Crippen molar-refractivity contribution in [3.63, 3.8) is 0 Å². The van der Waals surface area contributed by atoms with Crippen LogP contribution in [0.3, 0.4) is 0 Å². The molecule has 1 heterocycles. The minimum absolute atomic E-state index is 0. The molecule has 0 saturated heterocycles. The smallest absolute Gasteiger partial charge is 1.00 e. The summed E-state index contributed by atoms with van der Waals surface area (Å²) in [7, 11) is -1.21. The number of nitrogens with one attached hydrogen (secondary N) is 1. The largest absolute Gasteiger partial charge is 3.00 e. The van der Waals surface area contributed by atoms with Gasteiger partial charge in [0.2, 0.25) is 5.91 Å². The van der Waals surface area contributed by atoms with Crippen molar-refractivity contribution < 1.29 is 56.4 Å². The number of carbonyl (C=O) groups excluding carboxylic acids is 1. The summed E-state index contributed by atoms with van der Waals surface area (Å²) in [6, 6.07) is 0. The molecule has 16 heavy (non-hydrogen) atoms. The average Bonchev–Trinajstić information content (AvgIpc) is 2.48. The molecule has 2 aliphatic rings. The number of aliphatic hydroxyl groups excluding tert-OH is 1. The molecule has 0 aromatic heterocycles. The SMILES string of the molecule is C[Si]1(C)C2=C1C(NC(=O)CO)=[C-]C2.[Cl-].[Cl-].[Ti+3]. The molecule has 1 aliphatic heterocycles. The summed E-state index contributed by atoms with van der Waals surface area (Å²) in [5.74, 6) is -0.340. The van der Waals surface area contributed by atoms with Crippen molar-refractivity contribution in [2.75, 3.05) is 6.61 Å². The van der Waals surface area contributed by atoms with Gasteiger partial charge in [-0.2, -0.15) is 10.4 Å². The van der Waals surface area contributed by atoms with E-state index < -0.39 is 14.7 Å². The summed E-state index contributed by atoms with van der Waals surface area (Å²) in [5.41, 5.74) is 0.839. The van der Waals surface area contributed by atoms with Gasteiger partial charge >= 0.3 is 21.7 Å². The van der Waals surface area contributed by atoms with E-state index in [0.717, 1.165) is 12.1 Å². The molecular formula is C9H12Cl2NO2SiTi. The Labute approximate surface area is 123 Å². The topological polar surface area (TPSA) is 49.3 Å². The zero-order valence-corrected chi connectivity index (χ0v) is 13.1. The quantitative estimate of drug-likeness (QED) is 0.394. The Hall–Kier alpha value is 0.421. The van der Waals surface area contributed by atoms with Crippen LogP contribution in [0.5, 0.6) is 0 Å². The molecule has 0 bridgehead atoms. The Morgan fingerprint density at radius 3 is 2.44 bits per heavy atom. The summed E-state index contributed by atoms with van der Waals surface area (Å²) in [6.07, 6.45) is 4.00. The first-order valence-corrected chi connectivity index (χ1v) is 7.33. The second-order valence-electron chi connectivity index (χ2n) is 3.91. The third-order valence-electron chi connectivity index (χ3n) is 2.72. The Bertz CT molecular complexity index is 355. The summed E-state index contributed by atoms with van der Waals surface area (Å²) < 4.78 is 0. The summed E-state index contributed by atoms with van der Waals surface area (Å²) in [5, 5.41) is 14.1. The number of hydrogen-bond donors (Lipinski definition) is 2. The van der Waals surface area contributed by atoms with E-state index >= 15 is 0 Å². The van der Waals surface area contributed by atoms with Crippen molar-refractivity contribution >= 4 is 14.0 Å². The molecule has 0 fully saturated rings. The minimum atomic E-state index is -1.21. The van der Waals surface area contributed by atoms with Crippen LogP contribution in [0.25, 0.3) is 0 Å². The molecule has 1 aliphatic carbocycles. The van der Waals surface area contributed by atoms with Gasteiger partial charge in [0, 0.05) is 8.07 Å². The number of allylic oxidation sites excluding steroid dienone is 3. The summed E-state index contributed by atoms with van der Waals surface area (Å²) in [6.45, 7) is 4.09. The fraction of sp³-hybridized carbons (Fsp3) is 0.444. The normalized spacial score (nSPS) is 18.3. The summed E-state index contributed by atoms with van der Waals surface area (Å²) in [4.78, 5) is 10.9. The number of carbonyl (C=O) groups is 1. The van der Waals surface area contributed by atoms with E-state index in [0.29, 0.717) is 0 Å². The zero-order valence-electron chi connectivity index (χ0n) is 9.03. The van der Waals surface area contributed by atoms with Gasteiger partial charge in [0.1, 0.15) is 6.61 Å². The third kappa shape index (κ3) is 3.00. The fourth-order valence-electron chi connectivity index (χ4n) is 1.87. The second kappa shape index (κ2) is 6.38. The number of halogens is 2.